The molecule has 0 aliphatic heterocycles. The number of esters is 1. The zero-order chi connectivity index (χ0) is 24.8. The van der Waals surface area contributed by atoms with Gasteiger partial charge in [-0.3, -0.25) is 19.1 Å². The van der Waals surface area contributed by atoms with E-state index >= 15 is 0 Å². The summed E-state index contributed by atoms with van der Waals surface area (Å²) in [5.74, 6) is -0.202. The van der Waals surface area contributed by atoms with E-state index in [-0.39, 0.29) is 18.1 Å². The van der Waals surface area contributed by atoms with Crippen LogP contribution >= 0.6 is 11.8 Å². The lowest BCUT2D eigenvalue weighted by Gasteiger charge is -2.10. The number of methoxy groups -OCH3 is 1. The summed E-state index contributed by atoms with van der Waals surface area (Å²) in [6.07, 6.45) is 0.153. The van der Waals surface area contributed by atoms with Gasteiger partial charge in [-0.1, -0.05) is 30.0 Å². The highest BCUT2D eigenvalue weighted by Crippen LogP contribution is 2.23. The smallest absolute Gasteiger partial charge is 0.337 e. The van der Waals surface area contributed by atoms with Gasteiger partial charge in [0, 0.05) is 29.6 Å². The second-order valence-electron chi connectivity index (χ2n) is 7.27. The molecule has 11 nitrogen and oxygen atoms in total. The number of H-pyrrole nitrogens is 2. The molecule has 0 radical (unpaired) electrons. The number of benzene rings is 2. The highest BCUT2D eigenvalue weighted by atomic mass is 32.2. The number of amides is 1. The van der Waals surface area contributed by atoms with Crippen LogP contribution in [0.5, 0.6) is 0 Å². The summed E-state index contributed by atoms with van der Waals surface area (Å²) < 4.78 is 6.43. The fraction of sp³-hybridized carbons (Fsp3) is 0.130. The summed E-state index contributed by atoms with van der Waals surface area (Å²) in [6.45, 7) is 0. The number of ether oxygens (including phenoxy) is 1. The predicted octanol–water partition coefficient (Wildman–Crippen LogP) is 1.75. The average molecular weight is 493 g/mol. The molecule has 4 rings (SSSR count). The molecular formula is C23H20N6O5S. The Balaban J connectivity index is 1.51. The lowest BCUT2D eigenvalue weighted by atomic mass is 10.2. The maximum Gasteiger partial charge on any atom is 0.337 e. The number of carbonyl (C=O) groups is 2. The Hall–Kier alpha value is -4.45. The predicted molar refractivity (Wildman–Crippen MR) is 129 cm³/mol. The third kappa shape index (κ3) is 5.92. The number of carbonyl (C=O) groups excluding carboxylic acids is 2. The number of para-hydroxylation sites is 1. The number of nitrogens with one attached hydrogen (secondary N) is 3. The van der Waals surface area contributed by atoms with E-state index in [2.05, 4.69) is 30.2 Å². The Kier molecular flexibility index (Phi) is 7.21. The summed E-state index contributed by atoms with van der Waals surface area (Å²) in [4.78, 5) is 52.1. The molecule has 0 spiro atoms. The maximum absolute atomic E-state index is 12.5. The molecule has 0 aliphatic rings. The van der Waals surface area contributed by atoms with Crippen LogP contribution in [0.1, 0.15) is 21.9 Å². The summed E-state index contributed by atoms with van der Waals surface area (Å²) in [5, 5.41) is 11.7. The number of aromatic nitrogens is 5. The molecule has 2 aromatic heterocycles. The fourth-order valence-corrected chi connectivity index (χ4v) is 4.04. The van der Waals surface area contributed by atoms with E-state index in [1.807, 2.05) is 30.3 Å². The number of thioether (sulfide) groups is 1. The minimum atomic E-state index is -0.607. The van der Waals surface area contributed by atoms with E-state index < -0.39 is 17.2 Å². The Bertz CT molecular complexity index is 1430. The van der Waals surface area contributed by atoms with E-state index in [1.54, 1.807) is 28.8 Å². The number of hydrogen-bond donors (Lipinski definition) is 3. The second-order valence-corrected chi connectivity index (χ2v) is 8.21. The van der Waals surface area contributed by atoms with Crippen molar-refractivity contribution in [3.05, 3.63) is 98.6 Å². The van der Waals surface area contributed by atoms with Crippen LogP contribution in [0.25, 0.3) is 5.69 Å². The molecule has 0 fully saturated rings. The molecule has 2 aromatic carbocycles. The van der Waals surface area contributed by atoms with Gasteiger partial charge in [-0.25, -0.2) is 9.59 Å². The van der Waals surface area contributed by atoms with E-state index in [4.69, 9.17) is 0 Å². The molecule has 3 N–H and O–H groups in total. The molecule has 0 atom stereocenters. The first-order valence-electron chi connectivity index (χ1n) is 10.4. The zero-order valence-corrected chi connectivity index (χ0v) is 19.3. The van der Waals surface area contributed by atoms with Crippen molar-refractivity contribution in [3.63, 3.8) is 0 Å². The zero-order valence-electron chi connectivity index (χ0n) is 18.5. The van der Waals surface area contributed by atoms with Crippen molar-refractivity contribution in [1.29, 1.82) is 0 Å². The molecule has 0 aliphatic carbocycles. The summed E-state index contributed by atoms with van der Waals surface area (Å²) in [5.41, 5.74) is 0.940. The average Bonchev–Trinajstić information content (AvgIpc) is 3.24. The Labute approximate surface area is 202 Å². The highest BCUT2D eigenvalue weighted by Gasteiger charge is 2.17. The Morgan fingerprint density at radius 1 is 1.03 bits per heavy atom. The number of nitrogens with zero attached hydrogens (tertiary/aromatic N) is 3. The van der Waals surface area contributed by atoms with Crippen LogP contribution in [0.3, 0.4) is 0 Å². The van der Waals surface area contributed by atoms with Crippen molar-refractivity contribution in [2.45, 2.75) is 11.6 Å². The van der Waals surface area contributed by atoms with Crippen molar-refractivity contribution in [1.82, 2.24) is 24.7 Å². The van der Waals surface area contributed by atoms with Crippen LogP contribution < -0.4 is 16.6 Å². The number of anilines is 1. The van der Waals surface area contributed by atoms with E-state index in [1.165, 1.54) is 24.9 Å². The molecule has 1 amide bonds. The van der Waals surface area contributed by atoms with Gasteiger partial charge in [0.15, 0.2) is 5.16 Å². The van der Waals surface area contributed by atoms with Gasteiger partial charge in [0.1, 0.15) is 5.82 Å². The van der Waals surface area contributed by atoms with Gasteiger partial charge < -0.3 is 15.0 Å². The molecule has 12 heteroatoms. The van der Waals surface area contributed by atoms with Crippen LogP contribution in [-0.2, 0) is 16.0 Å². The lowest BCUT2D eigenvalue weighted by molar-refractivity contribution is -0.113. The number of aromatic amines is 2. The summed E-state index contributed by atoms with van der Waals surface area (Å²) >= 11 is 1.18. The van der Waals surface area contributed by atoms with Gasteiger partial charge in [0.25, 0.3) is 5.56 Å². The Morgan fingerprint density at radius 2 is 1.77 bits per heavy atom. The van der Waals surface area contributed by atoms with Gasteiger partial charge in [0.2, 0.25) is 5.91 Å². The summed E-state index contributed by atoms with van der Waals surface area (Å²) in [6, 6.07) is 16.9. The topological polar surface area (TPSA) is 152 Å². The lowest BCUT2D eigenvalue weighted by Crippen LogP contribution is -2.23. The maximum atomic E-state index is 12.5. The van der Waals surface area contributed by atoms with Gasteiger partial charge in [0.05, 0.1) is 18.4 Å². The molecule has 0 saturated carbocycles. The van der Waals surface area contributed by atoms with Crippen molar-refractivity contribution in [3.8, 4) is 5.69 Å². The molecule has 0 saturated heterocycles. The normalized spacial score (nSPS) is 10.7. The van der Waals surface area contributed by atoms with E-state index in [0.717, 1.165) is 5.69 Å². The fourth-order valence-electron chi connectivity index (χ4n) is 3.26. The van der Waals surface area contributed by atoms with Gasteiger partial charge in [-0.15, -0.1) is 10.2 Å². The quantitative estimate of drug-likeness (QED) is 0.249. The first-order valence-corrected chi connectivity index (χ1v) is 11.3. The third-order valence-corrected chi connectivity index (χ3v) is 5.73. The second kappa shape index (κ2) is 10.7. The van der Waals surface area contributed by atoms with Gasteiger partial charge in [-0.05, 0) is 36.4 Å². The molecular weight excluding hydrogens is 472 g/mol. The van der Waals surface area contributed by atoms with Crippen LogP contribution in [0.2, 0.25) is 0 Å². The Morgan fingerprint density at radius 3 is 2.46 bits per heavy atom. The van der Waals surface area contributed by atoms with Crippen molar-refractivity contribution in [2.75, 3.05) is 18.2 Å². The van der Waals surface area contributed by atoms with Crippen molar-refractivity contribution < 1.29 is 14.3 Å². The molecule has 4 aromatic rings. The van der Waals surface area contributed by atoms with Crippen molar-refractivity contribution in [2.24, 2.45) is 0 Å². The first kappa shape index (κ1) is 23.7. The molecule has 178 valence electrons. The largest absolute Gasteiger partial charge is 0.465 e. The summed E-state index contributed by atoms with van der Waals surface area (Å²) in [7, 11) is 1.30. The van der Waals surface area contributed by atoms with Crippen LogP contribution in [-0.4, -0.2) is 49.5 Å². The molecule has 2 heterocycles. The molecule has 35 heavy (non-hydrogen) atoms. The van der Waals surface area contributed by atoms with Gasteiger partial charge in [-0.2, -0.15) is 0 Å². The SMILES string of the molecule is COC(=O)c1ccc(NC(=O)CSc2nnc(Cc3cc(=O)[nH]c(=O)[nH]3)n2-c2ccccc2)cc1. The third-order valence-electron chi connectivity index (χ3n) is 4.80. The van der Waals surface area contributed by atoms with Gasteiger partial charge >= 0.3 is 11.7 Å². The van der Waals surface area contributed by atoms with E-state index in [0.29, 0.717) is 27.9 Å². The molecule has 0 bridgehead atoms. The first-order chi connectivity index (χ1) is 16.9. The number of rotatable bonds is 8. The molecule has 0 unspecified atom stereocenters. The van der Waals surface area contributed by atoms with Crippen molar-refractivity contribution >= 4 is 29.3 Å². The minimum Gasteiger partial charge on any atom is -0.465 e. The minimum absolute atomic E-state index is 0.0472. The van der Waals surface area contributed by atoms with Crippen LogP contribution in [0.4, 0.5) is 5.69 Å². The number of hydrogen-bond acceptors (Lipinski definition) is 8. The standard InChI is InChI=1S/C23H20N6O5S/c1-34-21(32)14-7-9-15(10-8-14)24-20(31)13-35-23-28-27-18(29(23)17-5-3-2-4-6-17)11-16-12-19(30)26-22(33)25-16/h2-10,12H,11,13H2,1H3,(H,24,31)(H2,25,26,30,33). The monoisotopic (exact) mass is 492 g/mol. The highest BCUT2D eigenvalue weighted by molar-refractivity contribution is 7.99. The van der Waals surface area contributed by atoms with Crippen LogP contribution in [0, 0.1) is 0 Å². The van der Waals surface area contributed by atoms with E-state index in [9.17, 15) is 19.2 Å². The van der Waals surface area contributed by atoms with Crippen LogP contribution in [0.15, 0.2) is 75.4 Å².